The van der Waals surface area contributed by atoms with Crippen LogP contribution in [0.25, 0.3) is 22.8 Å². The number of aromatic nitrogens is 5. The van der Waals surface area contributed by atoms with Gasteiger partial charge in [0.2, 0.25) is 10.6 Å². The zero-order valence-corrected chi connectivity index (χ0v) is 16.2. The van der Waals surface area contributed by atoms with Gasteiger partial charge in [0, 0.05) is 5.56 Å². The Hall–Kier alpha value is -3.85. The third kappa shape index (κ3) is 3.90. The molecule has 0 spiro atoms. The molecule has 0 radical (unpaired) electrons. The zero-order valence-electron chi connectivity index (χ0n) is 15.4. The molecule has 29 heavy (non-hydrogen) atoms. The lowest BCUT2D eigenvalue weighted by Crippen LogP contribution is -2.01. The molecule has 8 nitrogen and oxygen atoms in total. The fraction of sp³-hybridized carbons (Fsp3) is 0.0500. The van der Waals surface area contributed by atoms with Gasteiger partial charge in [0.1, 0.15) is 5.69 Å². The summed E-state index contributed by atoms with van der Waals surface area (Å²) in [7, 11) is 1.35. The molecular formula is C20H16N6O2S. The Bertz CT molecular complexity index is 1220. The van der Waals surface area contributed by atoms with Crippen LogP contribution < -0.4 is 0 Å². The first-order valence-electron chi connectivity index (χ1n) is 8.67. The molecule has 0 saturated heterocycles. The van der Waals surface area contributed by atoms with Crippen molar-refractivity contribution in [1.82, 2.24) is 25.1 Å². The fourth-order valence-corrected chi connectivity index (χ4v) is 2.89. The van der Waals surface area contributed by atoms with Crippen LogP contribution in [0.15, 0.2) is 65.8 Å². The first-order chi connectivity index (χ1) is 14.2. The zero-order chi connectivity index (χ0) is 20.2. The second-order valence-corrected chi connectivity index (χ2v) is 6.44. The number of carbonyl (C=O) groups excluding carboxylic acids is 1. The average Bonchev–Trinajstić information content (AvgIpc) is 3.39. The van der Waals surface area contributed by atoms with Crippen molar-refractivity contribution in [3.8, 4) is 22.8 Å². The number of H-pyrrole nitrogens is 2. The van der Waals surface area contributed by atoms with Gasteiger partial charge in [-0.15, -0.1) is 0 Å². The first kappa shape index (κ1) is 18.5. The van der Waals surface area contributed by atoms with Crippen LogP contribution >= 0.6 is 12.2 Å². The normalized spacial score (nSPS) is 11.1. The largest absolute Gasteiger partial charge is 0.465 e. The van der Waals surface area contributed by atoms with Crippen LogP contribution in [-0.2, 0) is 4.74 Å². The highest BCUT2D eigenvalue weighted by Crippen LogP contribution is 2.22. The van der Waals surface area contributed by atoms with Crippen LogP contribution in [0.5, 0.6) is 0 Å². The third-order valence-electron chi connectivity index (χ3n) is 4.19. The molecule has 144 valence electrons. The van der Waals surface area contributed by atoms with Gasteiger partial charge in [-0.1, -0.05) is 42.5 Å². The number of esters is 1. The summed E-state index contributed by atoms with van der Waals surface area (Å²) >= 11 is 5.29. The minimum absolute atomic E-state index is 0.346. The number of methoxy groups -OCH3 is 1. The smallest absolute Gasteiger partial charge is 0.337 e. The molecule has 2 aromatic carbocycles. The Morgan fingerprint density at radius 1 is 1.10 bits per heavy atom. The van der Waals surface area contributed by atoms with E-state index in [1.807, 2.05) is 36.4 Å². The van der Waals surface area contributed by atoms with Gasteiger partial charge in [-0.2, -0.15) is 20.0 Å². The van der Waals surface area contributed by atoms with E-state index in [9.17, 15) is 4.79 Å². The van der Waals surface area contributed by atoms with E-state index in [-0.39, 0.29) is 5.97 Å². The van der Waals surface area contributed by atoms with Crippen LogP contribution in [0.2, 0.25) is 0 Å². The Morgan fingerprint density at radius 3 is 2.59 bits per heavy atom. The molecule has 4 aromatic rings. The van der Waals surface area contributed by atoms with Gasteiger partial charge in [0.15, 0.2) is 0 Å². The minimum atomic E-state index is -0.388. The molecular weight excluding hydrogens is 388 g/mol. The molecule has 0 aliphatic heterocycles. The lowest BCUT2D eigenvalue weighted by molar-refractivity contribution is 0.0600. The summed E-state index contributed by atoms with van der Waals surface area (Å²) < 4.78 is 6.55. The molecule has 0 aliphatic carbocycles. The molecule has 0 bridgehead atoms. The van der Waals surface area contributed by atoms with E-state index in [1.165, 1.54) is 11.8 Å². The Morgan fingerprint density at radius 2 is 1.86 bits per heavy atom. The van der Waals surface area contributed by atoms with Gasteiger partial charge in [0.05, 0.1) is 24.6 Å². The average molecular weight is 404 g/mol. The van der Waals surface area contributed by atoms with Crippen molar-refractivity contribution in [1.29, 1.82) is 0 Å². The maximum absolute atomic E-state index is 11.5. The highest BCUT2D eigenvalue weighted by atomic mass is 32.1. The maximum Gasteiger partial charge on any atom is 0.337 e. The number of carbonyl (C=O) groups is 1. The Labute approximate surface area is 170 Å². The summed E-state index contributed by atoms with van der Waals surface area (Å²) in [6.45, 7) is 0. The van der Waals surface area contributed by atoms with E-state index in [0.29, 0.717) is 21.9 Å². The summed E-state index contributed by atoms with van der Waals surface area (Å²) in [6.07, 6.45) is 1.63. The molecule has 2 N–H and O–H groups in total. The number of nitrogens with zero attached hydrogens (tertiary/aromatic N) is 4. The lowest BCUT2D eigenvalue weighted by atomic mass is 10.1. The van der Waals surface area contributed by atoms with E-state index in [4.69, 9.17) is 17.0 Å². The number of nitrogens with one attached hydrogen (secondary N) is 2. The van der Waals surface area contributed by atoms with Crippen LogP contribution in [0, 0.1) is 4.77 Å². The van der Waals surface area contributed by atoms with Crippen molar-refractivity contribution in [2.75, 3.05) is 7.11 Å². The summed E-state index contributed by atoms with van der Waals surface area (Å²) in [5.74, 6) is 0.119. The number of ether oxygens (including phenoxy) is 1. The number of aromatic amines is 2. The Balaban J connectivity index is 1.61. The van der Waals surface area contributed by atoms with Crippen molar-refractivity contribution in [3.05, 3.63) is 76.6 Å². The SMILES string of the molecule is COC(=O)c1ccc(C=Nn2c(-c3cc(-c4ccccc4)n[nH]3)n[nH]c2=S)cc1. The molecule has 0 saturated carbocycles. The van der Waals surface area contributed by atoms with E-state index in [2.05, 4.69) is 25.5 Å². The van der Waals surface area contributed by atoms with E-state index in [0.717, 1.165) is 16.8 Å². The topological polar surface area (TPSA) is 101 Å². The van der Waals surface area contributed by atoms with Crippen LogP contribution in [0.3, 0.4) is 0 Å². The monoisotopic (exact) mass is 404 g/mol. The molecule has 0 unspecified atom stereocenters. The fourth-order valence-electron chi connectivity index (χ4n) is 2.71. The first-order valence-corrected chi connectivity index (χ1v) is 9.08. The second kappa shape index (κ2) is 8.03. The minimum Gasteiger partial charge on any atom is -0.465 e. The van der Waals surface area contributed by atoms with Gasteiger partial charge >= 0.3 is 5.97 Å². The van der Waals surface area contributed by atoms with Crippen molar-refractivity contribution in [3.63, 3.8) is 0 Å². The Kier molecular flexibility index (Phi) is 5.12. The van der Waals surface area contributed by atoms with E-state index in [1.54, 1.807) is 30.5 Å². The van der Waals surface area contributed by atoms with Gasteiger partial charge < -0.3 is 4.74 Å². The predicted octanol–water partition coefficient (Wildman–Crippen LogP) is 3.67. The predicted molar refractivity (Wildman–Crippen MR) is 111 cm³/mol. The van der Waals surface area contributed by atoms with Crippen molar-refractivity contribution in [2.24, 2.45) is 5.10 Å². The lowest BCUT2D eigenvalue weighted by Gasteiger charge is -2.00. The third-order valence-corrected chi connectivity index (χ3v) is 4.46. The van der Waals surface area contributed by atoms with E-state index >= 15 is 0 Å². The van der Waals surface area contributed by atoms with Crippen LogP contribution in [-0.4, -0.2) is 44.4 Å². The highest BCUT2D eigenvalue weighted by molar-refractivity contribution is 7.71. The summed E-state index contributed by atoms with van der Waals surface area (Å²) in [6, 6.07) is 18.6. The van der Waals surface area contributed by atoms with E-state index < -0.39 is 0 Å². The van der Waals surface area contributed by atoms with Gasteiger partial charge in [0.25, 0.3) is 0 Å². The van der Waals surface area contributed by atoms with Crippen molar-refractivity contribution in [2.45, 2.75) is 0 Å². The number of rotatable bonds is 5. The maximum atomic E-state index is 11.5. The molecule has 0 atom stereocenters. The molecule has 4 rings (SSSR count). The molecule has 2 heterocycles. The summed E-state index contributed by atoms with van der Waals surface area (Å²) in [5, 5.41) is 18.7. The molecule has 0 amide bonds. The van der Waals surface area contributed by atoms with Crippen molar-refractivity contribution >= 4 is 24.4 Å². The summed E-state index contributed by atoms with van der Waals surface area (Å²) in [5.41, 5.74) is 3.72. The molecule has 2 aromatic heterocycles. The second-order valence-electron chi connectivity index (χ2n) is 6.06. The highest BCUT2D eigenvalue weighted by Gasteiger charge is 2.12. The summed E-state index contributed by atoms with van der Waals surface area (Å²) in [4.78, 5) is 11.5. The number of hydrogen-bond acceptors (Lipinski definition) is 6. The standard InChI is InChI=1S/C20H16N6O2S/c1-28-19(27)15-9-7-13(8-10-15)12-21-26-18(24-25-20(26)29)17-11-16(22-23-17)14-5-3-2-4-6-14/h2-12H,1H3,(H,22,23)(H,25,29). The van der Waals surface area contributed by atoms with Crippen LogP contribution in [0.4, 0.5) is 0 Å². The number of hydrogen-bond donors (Lipinski definition) is 2. The molecule has 9 heteroatoms. The van der Waals surface area contributed by atoms with Gasteiger partial charge in [-0.3, -0.25) is 5.10 Å². The molecule has 0 fully saturated rings. The quantitative estimate of drug-likeness (QED) is 0.300. The van der Waals surface area contributed by atoms with Gasteiger partial charge in [-0.25, -0.2) is 9.89 Å². The number of benzene rings is 2. The van der Waals surface area contributed by atoms with Crippen molar-refractivity contribution < 1.29 is 9.53 Å². The molecule has 0 aliphatic rings. The van der Waals surface area contributed by atoms with Gasteiger partial charge in [-0.05, 0) is 36.0 Å². The van der Waals surface area contributed by atoms with Crippen LogP contribution in [0.1, 0.15) is 15.9 Å².